The van der Waals surface area contributed by atoms with Gasteiger partial charge in [-0.3, -0.25) is 28.5 Å². The summed E-state index contributed by atoms with van der Waals surface area (Å²) in [6.07, 6.45) is 1.87. The molecule has 0 aromatic heterocycles. The summed E-state index contributed by atoms with van der Waals surface area (Å²) in [7, 11) is -3.59. The summed E-state index contributed by atoms with van der Waals surface area (Å²) < 4.78 is 37.1. The van der Waals surface area contributed by atoms with Crippen LogP contribution in [0, 0.1) is 11.8 Å². The van der Waals surface area contributed by atoms with E-state index in [0.29, 0.717) is 12.2 Å². The molecule has 0 aliphatic carbocycles. The van der Waals surface area contributed by atoms with Gasteiger partial charge in [0.2, 0.25) is 11.8 Å². The first-order valence-electron chi connectivity index (χ1n) is 15.9. The fraction of sp³-hybridized carbons (Fsp3) is 0.484. The molecule has 0 bridgehead atoms. The molecule has 19 nitrogen and oxygen atoms in total. The van der Waals surface area contributed by atoms with Gasteiger partial charge in [0.05, 0.1) is 25.9 Å². The van der Waals surface area contributed by atoms with Crippen molar-refractivity contribution in [3.05, 3.63) is 73.9 Å². The monoisotopic (exact) mass is 748 g/mol. The van der Waals surface area contributed by atoms with Crippen LogP contribution in [0.5, 0.6) is 0 Å². The zero-order chi connectivity index (χ0) is 37.3. The number of cyclic esters (lactones) is 2. The van der Waals surface area contributed by atoms with Crippen molar-refractivity contribution in [3.8, 4) is 0 Å². The Bertz CT molecular complexity index is 1870. The molecule has 272 valence electrons. The number of fused-ring (bicyclic) bond motifs is 2. The van der Waals surface area contributed by atoms with Crippen molar-refractivity contribution >= 4 is 56.9 Å². The first kappa shape index (κ1) is 41.9. The number of carbonyl (C=O) groups is 4. The van der Waals surface area contributed by atoms with Gasteiger partial charge < -0.3 is 31.2 Å². The Labute approximate surface area is 321 Å². The van der Waals surface area contributed by atoms with E-state index in [1.54, 1.807) is 18.2 Å². The van der Waals surface area contributed by atoms with Crippen LogP contribution in [0.25, 0.3) is 26.4 Å². The third-order valence-corrected chi connectivity index (χ3v) is 9.03. The number of rotatable bonds is 7. The van der Waals surface area contributed by atoms with Gasteiger partial charge in [0.25, 0.3) is 10.1 Å². The number of benzene rings is 2. The Morgan fingerprint density at radius 1 is 0.827 bits per heavy atom. The quantitative estimate of drug-likeness (QED) is 0.138. The standard InChI is InChI=1S/C16H20N2O6S.C15H17N5O3.N3.Na/c1-10-3-4-11-7-12(5-6-14(11)17-15(10)19)18-8-13(24-16(18)20)9-23-25(2,21)22;1-9-2-3-10-6-11(4-5-13(10)18-14(9)21)20-8-12(7-17-19-16)23-15(20)22;1-3-2;/h5-7,10,13H,3-4,8-9H2,1-2H3,(H,17,19);4-6,9,12H,2-3,7-8H2,1H3,(H,18,21);;/q;;-1;+1/t10?,13-;9?,12-;;/m10../s1. The molecule has 4 aliphatic rings. The normalized spacial score (nSPS) is 21.9. The first-order valence-corrected chi connectivity index (χ1v) is 17.7. The van der Waals surface area contributed by atoms with Gasteiger partial charge in [0.15, 0.2) is 0 Å². The zero-order valence-electron chi connectivity index (χ0n) is 29.1. The van der Waals surface area contributed by atoms with Crippen LogP contribution >= 0.6 is 0 Å². The minimum Gasteiger partial charge on any atom is -0.444 e. The molecule has 4 aliphatic heterocycles. The second-order valence-corrected chi connectivity index (χ2v) is 13.9. The summed E-state index contributed by atoms with van der Waals surface area (Å²) in [6, 6.07) is 10.9. The Kier molecular flexibility index (Phi) is 15.1. The third-order valence-electron chi connectivity index (χ3n) is 8.47. The Hall–Kier alpha value is -4.55. The smallest absolute Gasteiger partial charge is 0.444 e. The van der Waals surface area contributed by atoms with Crippen molar-refractivity contribution in [2.24, 2.45) is 17.0 Å². The minimum absolute atomic E-state index is 0. The van der Waals surface area contributed by atoms with E-state index in [2.05, 4.69) is 20.7 Å². The van der Waals surface area contributed by atoms with E-state index in [1.807, 2.05) is 32.0 Å². The molecule has 2 unspecified atom stereocenters. The van der Waals surface area contributed by atoms with Gasteiger partial charge in [0.1, 0.15) is 18.8 Å². The van der Waals surface area contributed by atoms with Crippen LogP contribution in [0.3, 0.4) is 0 Å². The predicted octanol–water partition coefficient (Wildman–Crippen LogP) is 2.22. The van der Waals surface area contributed by atoms with Crippen LogP contribution in [-0.2, 0) is 46.2 Å². The Morgan fingerprint density at radius 3 is 1.71 bits per heavy atom. The van der Waals surface area contributed by atoms with Gasteiger partial charge in [-0.15, -0.1) is 0 Å². The minimum atomic E-state index is -3.59. The molecule has 2 N–H and O–H groups in total. The molecule has 2 aromatic rings. The number of amides is 4. The van der Waals surface area contributed by atoms with Crippen molar-refractivity contribution in [1.82, 2.24) is 0 Å². The molecule has 2 aromatic carbocycles. The van der Waals surface area contributed by atoms with Crippen molar-refractivity contribution in [3.63, 3.8) is 0 Å². The van der Waals surface area contributed by atoms with Crippen LogP contribution < -0.4 is 50.0 Å². The van der Waals surface area contributed by atoms with Crippen molar-refractivity contribution in [2.45, 2.75) is 51.7 Å². The van der Waals surface area contributed by atoms with E-state index < -0.39 is 34.5 Å². The predicted molar refractivity (Wildman–Crippen MR) is 185 cm³/mol. The van der Waals surface area contributed by atoms with E-state index in [-0.39, 0.29) is 72.9 Å². The van der Waals surface area contributed by atoms with E-state index in [1.165, 1.54) is 14.7 Å². The molecule has 4 amide bonds. The molecular weight excluding hydrogens is 711 g/mol. The van der Waals surface area contributed by atoms with Gasteiger partial charge in [-0.25, -0.2) is 9.59 Å². The van der Waals surface area contributed by atoms with Crippen molar-refractivity contribution in [2.75, 3.05) is 52.9 Å². The SMILES string of the molecule is CC1CCc2cc(N3C[C@H](CN=[N+]=[N-])OC3=O)ccc2NC1=O.CC1CCc2cc(N3C[C@H](COS(C)(=O)=O)OC3=O)ccc2NC1=O.[N-]=[N+]=[N-].[Na+]. The molecule has 0 saturated carbocycles. The molecule has 4 atom stereocenters. The topological polar surface area (TPSA) is 268 Å². The van der Waals surface area contributed by atoms with E-state index in [9.17, 15) is 27.6 Å². The van der Waals surface area contributed by atoms with Crippen LogP contribution in [-0.4, -0.2) is 77.1 Å². The van der Waals surface area contributed by atoms with Gasteiger partial charge in [-0.2, -0.15) is 8.42 Å². The average Bonchev–Trinajstić information content (AvgIpc) is 3.57. The number of aryl methyl sites for hydroxylation is 2. The first-order chi connectivity index (χ1) is 24.2. The number of azide groups is 1. The number of carbonyl (C=O) groups excluding carboxylic acids is 4. The summed E-state index contributed by atoms with van der Waals surface area (Å²) >= 11 is 0. The fourth-order valence-electron chi connectivity index (χ4n) is 5.65. The van der Waals surface area contributed by atoms with Gasteiger partial charge >= 0.3 is 41.7 Å². The molecule has 2 saturated heterocycles. The van der Waals surface area contributed by atoms with E-state index in [0.717, 1.165) is 60.1 Å². The zero-order valence-corrected chi connectivity index (χ0v) is 31.9. The Morgan fingerprint density at radius 2 is 1.27 bits per heavy atom. The number of ether oxygens (including phenoxy) is 2. The summed E-state index contributed by atoms with van der Waals surface area (Å²) in [5, 5.41) is 9.24. The molecule has 21 heteroatoms. The summed E-state index contributed by atoms with van der Waals surface area (Å²) in [4.78, 5) is 55.0. The maximum Gasteiger partial charge on any atom is 1.00 e. The van der Waals surface area contributed by atoms with Gasteiger partial charge in [-0.1, -0.05) is 19.0 Å². The molecule has 0 radical (unpaired) electrons. The molecular formula is C31H37N10NaO9S. The summed E-state index contributed by atoms with van der Waals surface area (Å²) in [6.45, 7) is 4.25. The molecule has 6 rings (SSSR count). The maximum atomic E-state index is 12.1. The fourth-order valence-corrected chi connectivity index (χ4v) is 6.04. The molecule has 4 heterocycles. The Balaban J connectivity index is 0.000000257. The number of nitrogens with one attached hydrogen (secondary N) is 2. The van der Waals surface area contributed by atoms with E-state index in [4.69, 9.17) is 30.3 Å². The van der Waals surface area contributed by atoms with Crippen LogP contribution in [0.2, 0.25) is 0 Å². The van der Waals surface area contributed by atoms with Gasteiger partial charge in [-0.05, 0) is 78.7 Å². The number of anilines is 4. The number of hydrogen-bond donors (Lipinski definition) is 2. The number of nitrogens with zero attached hydrogens (tertiary/aromatic N) is 8. The largest absolute Gasteiger partial charge is 1.00 e. The van der Waals surface area contributed by atoms with Crippen molar-refractivity contribution in [1.29, 1.82) is 0 Å². The second kappa shape index (κ2) is 18.8. The van der Waals surface area contributed by atoms with Crippen molar-refractivity contribution < 1.29 is 70.8 Å². The average molecular weight is 749 g/mol. The maximum absolute atomic E-state index is 12.1. The van der Waals surface area contributed by atoms with Crippen LogP contribution in [0.4, 0.5) is 32.3 Å². The summed E-state index contributed by atoms with van der Waals surface area (Å²) in [5.41, 5.74) is 26.7. The second-order valence-electron chi connectivity index (χ2n) is 12.3. The van der Waals surface area contributed by atoms with Crippen LogP contribution in [0.15, 0.2) is 41.5 Å². The molecule has 52 heavy (non-hydrogen) atoms. The third kappa shape index (κ3) is 11.2. The molecule has 2 fully saturated rings. The van der Waals surface area contributed by atoms with Gasteiger partial charge in [0, 0.05) is 39.5 Å². The van der Waals surface area contributed by atoms with E-state index >= 15 is 0 Å². The number of hydrogen-bond acceptors (Lipinski definition) is 10. The van der Waals surface area contributed by atoms with Crippen LogP contribution in [0.1, 0.15) is 37.8 Å². The molecule has 0 spiro atoms. The summed E-state index contributed by atoms with van der Waals surface area (Å²) in [5.74, 6) is -0.0856.